The minimum Gasteiger partial charge on any atom is -0.329 e. The summed E-state index contributed by atoms with van der Waals surface area (Å²) in [7, 11) is 0. The average Bonchev–Trinajstić information content (AvgIpc) is 2.11. The lowest BCUT2D eigenvalue weighted by molar-refractivity contribution is -0.134. The standard InChI is InChI=1S/C11H19NO2/c1-6-11(14)12(9(4)5)7-10(13)8(2)3/h6,8-9H,1,7H2,2-5H3. The Morgan fingerprint density at radius 1 is 1.29 bits per heavy atom. The normalized spacial score (nSPS) is 10.4. The Morgan fingerprint density at radius 3 is 2.07 bits per heavy atom. The van der Waals surface area contributed by atoms with E-state index >= 15 is 0 Å². The van der Waals surface area contributed by atoms with Crippen LogP contribution in [0.5, 0.6) is 0 Å². The number of carbonyl (C=O) groups is 2. The average molecular weight is 197 g/mol. The van der Waals surface area contributed by atoms with Crippen molar-refractivity contribution >= 4 is 11.7 Å². The summed E-state index contributed by atoms with van der Waals surface area (Å²) in [5, 5.41) is 0. The first-order valence-electron chi connectivity index (χ1n) is 4.85. The van der Waals surface area contributed by atoms with E-state index in [1.165, 1.54) is 11.0 Å². The second-order valence-corrected chi connectivity index (χ2v) is 3.89. The quantitative estimate of drug-likeness (QED) is 0.628. The highest BCUT2D eigenvalue weighted by Crippen LogP contribution is 2.03. The van der Waals surface area contributed by atoms with E-state index in [0.29, 0.717) is 0 Å². The van der Waals surface area contributed by atoms with Crippen molar-refractivity contribution in [3.63, 3.8) is 0 Å². The number of hydrogen-bond acceptors (Lipinski definition) is 2. The molecule has 3 heteroatoms. The molecule has 3 nitrogen and oxygen atoms in total. The number of hydrogen-bond donors (Lipinski definition) is 0. The molecule has 14 heavy (non-hydrogen) atoms. The van der Waals surface area contributed by atoms with Gasteiger partial charge in [0, 0.05) is 12.0 Å². The number of Topliss-reactive ketones (excluding diaryl/α,β-unsaturated/α-hetero) is 1. The van der Waals surface area contributed by atoms with Crippen LogP contribution in [0.1, 0.15) is 27.7 Å². The maximum atomic E-state index is 11.4. The van der Waals surface area contributed by atoms with Crippen molar-refractivity contribution in [2.75, 3.05) is 6.54 Å². The topological polar surface area (TPSA) is 37.4 Å². The van der Waals surface area contributed by atoms with Gasteiger partial charge in [-0.25, -0.2) is 0 Å². The number of rotatable bonds is 5. The van der Waals surface area contributed by atoms with Crippen LogP contribution in [-0.4, -0.2) is 29.2 Å². The summed E-state index contributed by atoms with van der Waals surface area (Å²) in [6.07, 6.45) is 1.24. The van der Waals surface area contributed by atoms with E-state index in [-0.39, 0.29) is 30.2 Å². The first-order valence-corrected chi connectivity index (χ1v) is 4.85. The Bertz CT molecular complexity index is 231. The van der Waals surface area contributed by atoms with Gasteiger partial charge in [-0.2, -0.15) is 0 Å². The number of carbonyl (C=O) groups excluding carboxylic acids is 2. The molecule has 0 heterocycles. The van der Waals surface area contributed by atoms with Crippen molar-refractivity contribution < 1.29 is 9.59 Å². The molecule has 0 aromatic heterocycles. The summed E-state index contributed by atoms with van der Waals surface area (Å²) in [5.41, 5.74) is 0. The van der Waals surface area contributed by atoms with Crippen LogP contribution in [0.4, 0.5) is 0 Å². The zero-order valence-corrected chi connectivity index (χ0v) is 9.41. The summed E-state index contributed by atoms with van der Waals surface area (Å²) >= 11 is 0. The Hall–Kier alpha value is -1.12. The molecule has 0 spiro atoms. The summed E-state index contributed by atoms with van der Waals surface area (Å²) in [5.74, 6) is -0.142. The van der Waals surface area contributed by atoms with Gasteiger partial charge in [0.1, 0.15) is 0 Å². The molecule has 0 N–H and O–H groups in total. The van der Waals surface area contributed by atoms with Gasteiger partial charge in [-0.1, -0.05) is 20.4 Å². The molecule has 0 radical (unpaired) electrons. The smallest absolute Gasteiger partial charge is 0.246 e. The first-order chi connectivity index (χ1) is 6.40. The molecule has 0 fully saturated rings. The lowest BCUT2D eigenvalue weighted by atomic mass is 10.1. The molecule has 0 aliphatic carbocycles. The Labute approximate surface area is 85.8 Å². The molecular formula is C11H19NO2. The van der Waals surface area contributed by atoms with Crippen LogP contribution in [0.2, 0.25) is 0 Å². The predicted octanol–water partition coefficient (Wildman–Crippen LogP) is 1.63. The summed E-state index contributed by atoms with van der Waals surface area (Å²) in [6, 6.07) is 0.0307. The van der Waals surface area contributed by atoms with Crippen molar-refractivity contribution in [2.24, 2.45) is 5.92 Å². The van der Waals surface area contributed by atoms with E-state index in [4.69, 9.17) is 0 Å². The summed E-state index contributed by atoms with van der Waals surface area (Å²) in [6.45, 7) is 11.0. The van der Waals surface area contributed by atoms with Crippen molar-refractivity contribution in [1.82, 2.24) is 4.90 Å². The molecule has 1 amide bonds. The largest absolute Gasteiger partial charge is 0.329 e. The highest BCUT2D eigenvalue weighted by Gasteiger charge is 2.19. The molecule has 0 aromatic carbocycles. The van der Waals surface area contributed by atoms with E-state index in [1.54, 1.807) is 0 Å². The van der Waals surface area contributed by atoms with E-state index in [2.05, 4.69) is 6.58 Å². The van der Waals surface area contributed by atoms with Gasteiger partial charge >= 0.3 is 0 Å². The van der Waals surface area contributed by atoms with Crippen LogP contribution in [0, 0.1) is 5.92 Å². The highest BCUT2D eigenvalue weighted by molar-refractivity contribution is 5.92. The lowest BCUT2D eigenvalue weighted by Gasteiger charge is -2.25. The molecule has 0 atom stereocenters. The van der Waals surface area contributed by atoms with E-state index in [9.17, 15) is 9.59 Å². The highest BCUT2D eigenvalue weighted by atomic mass is 16.2. The Balaban J connectivity index is 4.46. The van der Waals surface area contributed by atoms with Crippen LogP contribution in [0.3, 0.4) is 0 Å². The SMILES string of the molecule is C=CC(=O)N(CC(=O)C(C)C)C(C)C. The number of nitrogens with zero attached hydrogens (tertiary/aromatic N) is 1. The third-order valence-electron chi connectivity index (χ3n) is 2.05. The van der Waals surface area contributed by atoms with Gasteiger partial charge in [0.05, 0.1) is 6.54 Å². The van der Waals surface area contributed by atoms with Gasteiger partial charge in [-0.15, -0.1) is 0 Å². The van der Waals surface area contributed by atoms with E-state index in [0.717, 1.165) is 0 Å². The fraction of sp³-hybridized carbons (Fsp3) is 0.636. The second kappa shape index (κ2) is 5.58. The molecule has 0 aliphatic rings. The van der Waals surface area contributed by atoms with Gasteiger partial charge in [0.25, 0.3) is 0 Å². The van der Waals surface area contributed by atoms with Gasteiger partial charge in [0.2, 0.25) is 5.91 Å². The fourth-order valence-corrected chi connectivity index (χ4v) is 0.983. The summed E-state index contributed by atoms with van der Waals surface area (Å²) in [4.78, 5) is 24.3. The maximum Gasteiger partial charge on any atom is 0.246 e. The van der Waals surface area contributed by atoms with Gasteiger partial charge < -0.3 is 4.90 Å². The number of ketones is 1. The van der Waals surface area contributed by atoms with Crippen molar-refractivity contribution in [3.05, 3.63) is 12.7 Å². The van der Waals surface area contributed by atoms with Crippen molar-refractivity contribution in [1.29, 1.82) is 0 Å². The van der Waals surface area contributed by atoms with Crippen LogP contribution < -0.4 is 0 Å². The number of amides is 1. The van der Waals surface area contributed by atoms with Crippen LogP contribution in [0.25, 0.3) is 0 Å². The predicted molar refractivity (Wildman–Crippen MR) is 56.9 cm³/mol. The fourth-order valence-electron chi connectivity index (χ4n) is 0.983. The Morgan fingerprint density at radius 2 is 1.79 bits per heavy atom. The third-order valence-corrected chi connectivity index (χ3v) is 2.05. The minimum atomic E-state index is -0.186. The third kappa shape index (κ3) is 3.73. The second-order valence-electron chi connectivity index (χ2n) is 3.89. The van der Waals surface area contributed by atoms with E-state index in [1.807, 2.05) is 27.7 Å². The zero-order chi connectivity index (χ0) is 11.3. The van der Waals surface area contributed by atoms with Gasteiger partial charge in [-0.05, 0) is 19.9 Å². The lowest BCUT2D eigenvalue weighted by Crippen LogP contribution is -2.40. The first kappa shape index (κ1) is 12.9. The molecule has 0 unspecified atom stereocenters. The molecule has 0 saturated heterocycles. The monoisotopic (exact) mass is 197 g/mol. The molecule has 0 aromatic rings. The Kier molecular flexibility index (Phi) is 5.13. The van der Waals surface area contributed by atoms with Gasteiger partial charge in [-0.3, -0.25) is 9.59 Å². The maximum absolute atomic E-state index is 11.4. The molecular weight excluding hydrogens is 178 g/mol. The van der Waals surface area contributed by atoms with Crippen LogP contribution in [0.15, 0.2) is 12.7 Å². The zero-order valence-electron chi connectivity index (χ0n) is 9.41. The van der Waals surface area contributed by atoms with Crippen molar-refractivity contribution in [3.8, 4) is 0 Å². The molecule has 0 rings (SSSR count). The molecule has 0 bridgehead atoms. The van der Waals surface area contributed by atoms with Crippen LogP contribution in [-0.2, 0) is 9.59 Å². The van der Waals surface area contributed by atoms with Gasteiger partial charge in [0.15, 0.2) is 5.78 Å². The van der Waals surface area contributed by atoms with E-state index < -0.39 is 0 Å². The molecule has 0 aliphatic heterocycles. The van der Waals surface area contributed by atoms with Crippen LogP contribution >= 0.6 is 0 Å². The summed E-state index contributed by atoms with van der Waals surface area (Å²) < 4.78 is 0. The molecule has 0 saturated carbocycles. The van der Waals surface area contributed by atoms with Crippen molar-refractivity contribution in [2.45, 2.75) is 33.7 Å². The minimum absolute atomic E-state index is 0.0307. The molecule has 80 valence electrons.